The summed E-state index contributed by atoms with van der Waals surface area (Å²) in [6, 6.07) is 0. The van der Waals surface area contributed by atoms with Gasteiger partial charge in [0.2, 0.25) is 5.91 Å². The highest BCUT2D eigenvalue weighted by molar-refractivity contribution is 5.83. The molecule has 1 N–H and O–H groups in total. The van der Waals surface area contributed by atoms with Crippen molar-refractivity contribution in [3.8, 4) is 0 Å². The minimum absolute atomic E-state index is 0.00911. The van der Waals surface area contributed by atoms with E-state index in [-0.39, 0.29) is 18.7 Å². The lowest BCUT2D eigenvalue weighted by Crippen LogP contribution is -2.37. The van der Waals surface area contributed by atoms with E-state index in [1.165, 1.54) is 17.1 Å². The van der Waals surface area contributed by atoms with Crippen LogP contribution in [0.3, 0.4) is 0 Å². The number of esters is 1. The zero-order chi connectivity index (χ0) is 13.5. The van der Waals surface area contributed by atoms with Gasteiger partial charge in [-0.05, 0) is 19.8 Å². The molecule has 0 aromatic heterocycles. The fourth-order valence-corrected chi connectivity index (χ4v) is 1.71. The minimum Gasteiger partial charge on any atom is -0.481 e. The summed E-state index contributed by atoms with van der Waals surface area (Å²) in [5.74, 6) is -1.48. The summed E-state index contributed by atoms with van der Waals surface area (Å²) in [6.07, 6.45) is 3.61. The Morgan fingerprint density at radius 3 is 2.83 bits per heavy atom. The maximum Gasteiger partial charge on any atom is 0.332 e. The van der Waals surface area contributed by atoms with Crippen LogP contribution in [0, 0.1) is 0 Å². The number of ether oxygens (including phenoxy) is 1. The van der Waals surface area contributed by atoms with Gasteiger partial charge in [0.05, 0.1) is 0 Å². The average Bonchev–Trinajstić information content (AvgIpc) is 2.70. The highest BCUT2D eigenvalue weighted by Crippen LogP contribution is 2.14. The van der Waals surface area contributed by atoms with E-state index in [1.807, 2.05) is 0 Å². The summed E-state index contributed by atoms with van der Waals surface area (Å²) in [5.41, 5.74) is 0. The monoisotopic (exact) mass is 255 g/mol. The summed E-state index contributed by atoms with van der Waals surface area (Å²) >= 11 is 0. The fourth-order valence-electron chi connectivity index (χ4n) is 1.71. The topological polar surface area (TPSA) is 83.9 Å². The average molecular weight is 255 g/mol. The second kappa shape index (κ2) is 6.78. The van der Waals surface area contributed by atoms with Crippen LogP contribution in [0.4, 0.5) is 0 Å². The molecular formula is C12H17NO5. The van der Waals surface area contributed by atoms with Gasteiger partial charge in [-0.25, -0.2) is 4.79 Å². The first-order valence-electron chi connectivity index (χ1n) is 5.89. The van der Waals surface area contributed by atoms with Gasteiger partial charge in [0.1, 0.15) is 0 Å². The Labute approximate surface area is 105 Å². The Hall–Kier alpha value is -1.85. The fraction of sp³-hybridized carbons (Fsp3) is 0.583. The third-order valence-electron chi connectivity index (χ3n) is 2.61. The van der Waals surface area contributed by atoms with Crippen LogP contribution in [0.1, 0.15) is 32.6 Å². The third-order valence-corrected chi connectivity index (χ3v) is 2.61. The molecular weight excluding hydrogens is 238 g/mol. The van der Waals surface area contributed by atoms with Gasteiger partial charge in [-0.3, -0.25) is 9.59 Å². The van der Waals surface area contributed by atoms with E-state index >= 15 is 0 Å². The number of nitrogens with zero attached hydrogens (tertiary/aromatic N) is 1. The van der Waals surface area contributed by atoms with Crippen LogP contribution in [0.2, 0.25) is 0 Å². The van der Waals surface area contributed by atoms with Crippen LogP contribution in [-0.4, -0.2) is 40.6 Å². The van der Waals surface area contributed by atoms with E-state index < -0.39 is 18.2 Å². The molecule has 0 aromatic carbocycles. The second-order valence-corrected chi connectivity index (χ2v) is 4.06. The summed E-state index contributed by atoms with van der Waals surface area (Å²) in [7, 11) is 0. The number of allylic oxidation sites excluding steroid dienone is 1. The molecule has 0 bridgehead atoms. The van der Waals surface area contributed by atoms with Crippen molar-refractivity contribution < 1.29 is 24.2 Å². The zero-order valence-corrected chi connectivity index (χ0v) is 10.3. The Kier molecular flexibility index (Phi) is 5.35. The predicted octanol–water partition coefficient (Wildman–Crippen LogP) is 0.919. The standard InChI is InChI=1S/C12H17NO5/c1-9(13-8-4-5-10(13)14)18-12(17)7-3-2-6-11(15)16/h3,7,9H,2,4-6,8H2,1H3,(H,15,16)/b7-3-. The molecule has 1 fully saturated rings. The van der Waals surface area contributed by atoms with Crippen molar-refractivity contribution in [2.24, 2.45) is 0 Å². The lowest BCUT2D eigenvalue weighted by molar-refractivity contribution is -0.156. The number of carboxylic acids is 1. The molecule has 1 heterocycles. The first-order chi connectivity index (χ1) is 8.50. The van der Waals surface area contributed by atoms with Crippen molar-refractivity contribution in [3.63, 3.8) is 0 Å². The summed E-state index contributed by atoms with van der Waals surface area (Å²) in [5, 5.41) is 8.40. The van der Waals surface area contributed by atoms with Gasteiger partial charge in [0.25, 0.3) is 0 Å². The third kappa shape index (κ3) is 4.57. The van der Waals surface area contributed by atoms with Crippen LogP contribution in [0.25, 0.3) is 0 Å². The molecule has 1 rings (SSSR count). The zero-order valence-electron chi connectivity index (χ0n) is 10.3. The number of aliphatic carboxylic acids is 1. The van der Waals surface area contributed by atoms with E-state index in [0.29, 0.717) is 13.0 Å². The van der Waals surface area contributed by atoms with Gasteiger partial charge >= 0.3 is 11.9 Å². The molecule has 0 spiro atoms. The SMILES string of the molecule is CC(OC(=O)/C=C\CCC(=O)O)N1CCCC1=O. The molecule has 0 radical (unpaired) electrons. The molecule has 1 aliphatic heterocycles. The molecule has 6 heteroatoms. The van der Waals surface area contributed by atoms with Crippen molar-refractivity contribution in [2.75, 3.05) is 6.54 Å². The smallest absolute Gasteiger partial charge is 0.332 e. The van der Waals surface area contributed by atoms with Crippen molar-refractivity contribution in [3.05, 3.63) is 12.2 Å². The van der Waals surface area contributed by atoms with Gasteiger partial charge in [0.15, 0.2) is 6.23 Å². The van der Waals surface area contributed by atoms with Crippen LogP contribution in [0.5, 0.6) is 0 Å². The molecule has 1 atom stereocenters. The van der Waals surface area contributed by atoms with E-state index in [1.54, 1.807) is 6.92 Å². The maximum absolute atomic E-state index is 11.4. The van der Waals surface area contributed by atoms with Gasteiger partial charge in [-0.15, -0.1) is 0 Å². The number of hydrogen-bond acceptors (Lipinski definition) is 4. The highest BCUT2D eigenvalue weighted by atomic mass is 16.6. The van der Waals surface area contributed by atoms with Gasteiger partial charge in [-0.1, -0.05) is 6.08 Å². The lowest BCUT2D eigenvalue weighted by Gasteiger charge is -2.23. The Morgan fingerprint density at radius 1 is 1.56 bits per heavy atom. The van der Waals surface area contributed by atoms with E-state index in [4.69, 9.17) is 9.84 Å². The van der Waals surface area contributed by atoms with Crippen LogP contribution in [-0.2, 0) is 19.1 Å². The number of carbonyl (C=O) groups excluding carboxylic acids is 2. The number of carboxylic acid groups (broad SMARTS) is 1. The lowest BCUT2D eigenvalue weighted by atomic mass is 10.3. The maximum atomic E-state index is 11.4. The molecule has 1 saturated heterocycles. The Morgan fingerprint density at radius 2 is 2.28 bits per heavy atom. The molecule has 6 nitrogen and oxygen atoms in total. The van der Waals surface area contributed by atoms with E-state index in [9.17, 15) is 14.4 Å². The molecule has 18 heavy (non-hydrogen) atoms. The molecule has 0 aromatic rings. The largest absolute Gasteiger partial charge is 0.481 e. The van der Waals surface area contributed by atoms with Gasteiger partial charge < -0.3 is 14.7 Å². The summed E-state index contributed by atoms with van der Waals surface area (Å²) in [4.78, 5) is 34.5. The number of amides is 1. The van der Waals surface area contributed by atoms with Crippen molar-refractivity contribution in [1.29, 1.82) is 0 Å². The Bertz CT molecular complexity index is 363. The number of rotatable bonds is 6. The van der Waals surface area contributed by atoms with Crippen LogP contribution in [0.15, 0.2) is 12.2 Å². The predicted molar refractivity (Wildman–Crippen MR) is 62.5 cm³/mol. The molecule has 1 unspecified atom stereocenters. The van der Waals surface area contributed by atoms with Crippen molar-refractivity contribution in [1.82, 2.24) is 4.90 Å². The van der Waals surface area contributed by atoms with Gasteiger partial charge in [-0.2, -0.15) is 0 Å². The van der Waals surface area contributed by atoms with Crippen LogP contribution < -0.4 is 0 Å². The number of hydrogen-bond donors (Lipinski definition) is 1. The summed E-state index contributed by atoms with van der Waals surface area (Å²) in [6.45, 7) is 2.25. The molecule has 0 aliphatic carbocycles. The number of carbonyl (C=O) groups is 3. The van der Waals surface area contributed by atoms with E-state index in [2.05, 4.69) is 0 Å². The van der Waals surface area contributed by atoms with E-state index in [0.717, 1.165) is 6.42 Å². The molecule has 100 valence electrons. The summed E-state index contributed by atoms with van der Waals surface area (Å²) < 4.78 is 5.04. The highest BCUT2D eigenvalue weighted by Gasteiger charge is 2.26. The normalized spacial score (nSPS) is 17.2. The van der Waals surface area contributed by atoms with Crippen molar-refractivity contribution in [2.45, 2.75) is 38.8 Å². The van der Waals surface area contributed by atoms with Crippen molar-refractivity contribution >= 4 is 17.8 Å². The first kappa shape index (κ1) is 14.2. The van der Waals surface area contributed by atoms with Gasteiger partial charge in [0, 0.05) is 25.5 Å². The minimum atomic E-state index is -0.913. The number of likely N-dealkylation sites (tertiary alicyclic amines) is 1. The van der Waals surface area contributed by atoms with Crippen LogP contribution >= 0.6 is 0 Å². The second-order valence-electron chi connectivity index (χ2n) is 4.06. The molecule has 0 saturated carbocycles. The molecule has 1 aliphatic rings. The Balaban J connectivity index is 2.31. The quantitative estimate of drug-likeness (QED) is 0.563. The molecule has 1 amide bonds. The first-order valence-corrected chi connectivity index (χ1v) is 5.89.